The normalized spacial score (nSPS) is 11.4. The summed E-state index contributed by atoms with van der Waals surface area (Å²) in [5.74, 6) is -3.38. The molecule has 0 aromatic rings. The van der Waals surface area contributed by atoms with Crippen LogP contribution in [0.4, 0.5) is 0 Å². The number of carbonyl (C=O) groups excluding carboxylic acids is 4. The van der Waals surface area contributed by atoms with Gasteiger partial charge in [0.25, 0.3) is 0 Å². The van der Waals surface area contributed by atoms with Crippen LogP contribution >= 0.6 is 0 Å². The average Bonchev–Trinajstić information content (AvgIpc) is 3.10. The van der Waals surface area contributed by atoms with Crippen molar-refractivity contribution >= 4 is 23.9 Å². The van der Waals surface area contributed by atoms with Gasteiger partial charge in [-0.3, -0.25) is 4.79 Å². The second-order valence-corrected chi connectivity index (χ2v) is 14.3. The molecule has 0 saturated heterocycles. The van der Waals surface area contributed by atoms with Gasteiger partial charge in [-0.1, -0.05) is 200 Å². The van der Waals surface area contributed by atoms with Crippen molar-refractivity contribution in [2.45, 2.75) is 232 Å². The second kappa shape index (κ2) is 45.9. The fraction of sp³-hybridized carbons (Fsp3) is 0.860. The Morgan fingerprint density at radius 3 is 1.13 bits per heavy atom. The summed E-state index contributed by atoms with van der Waals surface area (Å²) in [7, 11) is 0. The second-order valence-electron chi connectivity index (χ2n) is 14.3. The number of aliphatic hydroxyl groups excluding tert-OH is 1. The summed E-state index contributed by atoms with van der Waals surface area (Å²) in [6.07, 6.45) is 40.6. The third-order valence-corrected chi connectivity index (χ3v) is 9.14. The molecular formula is C43H79NaO8. The van der Waals surface area contributed by atoms with E-state index in [2.05, 4.69) is 18.6 Å². The van der Waals surface area contributed by atoms with Gasteiger partial charge in [0, 0.05) is 12.5 Å². The minimum absolute atomic E-state index is 0. The maximum Gasteiger partial charge on any atom is 1.00 e. The van der Waals surface area contributed by atoms with Crippen molar-refractivity contribution in [3.8, 4) is 0 Å². The van der Waals surface area contributed by atoms with Crippen LogP contribution in [-0.2, 0) is 28.7 Å². The SMILES string of the molecule is CCCCCCCCCCCCCCCCCC(=O)OC(=O)C(C)O.CCCCCCCCCCCCCCCCCCOC(=O)/C=C/C(=O)[O-].[Na+]. The number of carboxylic acids is 1. The zero-order chi connectivity index (χ0) is 38.0. The Bertz CT molecular complexity index is 830. The van der Waals surface area contributed by atoms with Crippen LogP contribution < -0.4 is 34.7 Å². The number of carbonyl (C=O) groups is 4. The van der Waals surface area contributed by atoms with Crippen LogP contribution in [0.3, 0.4) is 0 Å². The van der Waals surface area contributed by atoms with Gasteiger partial charge in [0.15, 0.2) is 0 Å². The number of aliphatic hydroxyl groups is 1. The van der Waals surface area contributed by atoms with Crippen LogP contribution in [0.15, 0.2) is 12.2 Å². The number of hydrogen-bond donors (Lipinski definition) is 1. The van der Waals surface area contributed by atoms with Crippen molar-refractivity contribution in [1.82, 2.24) is 0 Å². The quantitative estimate of drug-likeness (QED) is 0.0226. The summed E-state index contributed by atoms with van der Waals surface area (Å²) in [5, 5.41) is 19.1. The first-order valence-corrected chi connectivity index (χ1v) is 21.2. The summed E-state index contributed by atoms with van der Waals surface area (Å²) in [6.45, 7) is 6.17. The van der Waals surface area contributed by atoms with E-state index >= 15 is 0 Å². The first-order valence-electron chi connectivity index (χ1n) is 21.2. The van der Waals surface area contributed by atoms with Crippen LogP contribution in [0.2, 0.25) is 0 Å². The van der Waals surface area contributed by atoms with Gasteiger partial charge in [-0.05, 0) is 25.8 Å². The molecule has 0 aromatic carbocycles. The molecule has 0 bridgehead atoms. The molecule has 0 rings (SSSR count). The minimum atomic E-state index is -1.38. The first kappa shape index (κ1) is 55.1. The fourth-order valence-corrected chi connectivity index (χ4v) is 5.90. The van der Waals surface area contributed by atoms with Gasteiger partial charge in [0.1, 0.15) is 6.10 Å². The Hall–Kier alpha value is -1.22. The Morgan fingerprint density at radius 1 is 0.519 bits per heavy atom. The van der Waals surface area contributed by atoms with E-state index in [4.69, 9.17) is 9.84 Å². The molecule has 0 aliphatic rings. The minimum Gasteiger partial charge on any atom is -0.545 e. The van der Waals surface area contributed by atoms with E-state index in [0.29, 0.717) is 12.7 Å². The van der Waals surface area contributed by atoms with Gasteiger partial charge in [0.05, 0.1) is 12.6 Å². The molecule has 0 aliphatic heterocycles. The molecule has 0 spiro atoms. The monoisotopic (exact) mass is 747 g/mol. The summed E-state index contributed by atoms with van der Waals surface area (Å²) < 4.78 is 9.40. The summed E-state index contributed by atoms with van der Waals surface area (Å²) in [6, 6.07) is 0. The molecule has 0 radical (unpaired) electrons. The number of hydrogen-bond acceptors (Lipinski definition) is 8. The van der Waals surface area contributed by atoms with E-state index in [1.807, 2.05) is 0 Å². The number of aliphatic carboxylic acids is 1. The molecule has 0 saturated carbocycles. The molecule has 1 N–H and O–H groups in total. The van der Waals surface area contributed by atoms with Gasteiger partial charge >= 0.3 is 47.5 Å². The van der Waals surface area contributed by atoms with Gasteiger partial charge in [-0.15, -0.1) is 0 Å². The van der Waals surface area contributed by atoms with Crippen LogP contribution in [-0.4, -0.2) is 41.7 Å². The van der Waals surface area contributed by atoms with Gasteiger partial charge in [0.2, 0.25) is 0 Å². The van der Waals surface area contributed by atoms with Gasteiger partial charge in [-0.25, -0.2) is 9.59 Å². The van der Waals surface area contributed by atoms with Crippen LogP contribution in [0.25, 0.3) is 0 Å². The standard InChI is InChI=1S/C22H40O4.C21H40O4.Na/c1-2-3-4-5-6-7-8-9-10-11-12-13-14-15-16-17-20-26-22(25)19-18-21(23)24;1-3-4-5-6-7-8-9-10-11-12-13-14-15-16-17-18-20(23)25-21(24)19(2)22;/h18-19H,2-17,20H2,1H3,(H,23,24);19,22H,3-18H2,1-2H3;/q;;+1/p-1/b19-18+;;. The number of rotatable bonds is 36. The average molecular weight is 747 g/mol. The molecule has 0 aliphatic carbocycles. The third-order valence-electron chi connectivity index (χ3n) is 9.14. The van der Waals surface area contributed by atoms with Crippen molar-refractivity contribution in [3.05, 3.63) is 12.2 Å². The fourth-order valence-electron chi connectivity index (χ4n) is 5.90. The Morgan fingerprint density at radius 2 is 0.827 bits per heavy atom. The predicted octanol–water partition coefficient (Wildman–Crippen LogP) is 7.80. The van der Waals surface area contributed by atoms with E-state index < -0.39 is 30.0 Å². The maximum atomic E-state index is 11.3. The first-order chi connectivity index (χ1) is 24.7. The molecule has 0 heterocycles. The van der Waals surface area contributed by atoms with Gasteiger partial charge in [-0.2, -0.15) is 0 Å². The summed E-state index contributed by atoms with van der Waals surface area (Å²) >= 11 is 0. The van der Waals surface area contributed by atoms with E-state index in [1.54, 1.807) is 0 Å². The Labute approximate surface area is 341 Å². The predicted molar refractivity (Wildman–Crippen MR) is 207 cm³/mol. The number of esters is 3. The molecular weight excluding hydrogens is 667 g/mol. The van der Waals surface area contributed by atoms with Crippen molar-refractivity contribution in [2.75, 3.05) is 6.61 Å². The summed E-state index contributed by atoms with van der Waals surface area (Å²) in [4.78, 5) is 43.6. The topological polar surface area (TPSA) is 130 Å². The van der Waals surface area contributed by atoms with E-state index in [0.717, 1.165) is 38.2 Å². The summed E-state index contributed by atoms with van der Waals surface area (Å²) in [5.41, 5.74) is 0. The molecule has 0 fully saturated rings. The van der Waals surface area contributed by atoms with Crippen molar-refractivity contribution < 1.29 is 68.4 Å². The molecule has 52 heavy (non-hydrogen) atoms. The van der Waals surface area contributed by atoms with Crippen molar-refractivity contribution in [2.24, 2.45) is 0 Å². The third kappa shape index (κ3) is 48.8. The van der Waals surface area contributed by atoms with Crippen LogP contribution in [0.5, 0.6) is 0 Å². The molecule has 1 unspecified atom stereocenters. The van der Waals surface area contributed by atoms with E-state index in [9.17, 15) is 24.3 Å². The molecule has 1 atom stereocenters. The smallest absolute Gasteiger partial charge is 0.545 e. The van der Waals surface area contributed by atoms with Crippen molar-refractivity contribution in [3.63, 3.8) is 0 Å². The number of ether oxygens (including phenoxy) is 2. The zero-order valence-electron chi connectivity index (χ0n) is 34.4. The number of carboxylic acid groups (broad SMARTS) is 1. The van der Waals surface area contributed by atoms with E-state index in [1.165, 1.54) is 174 Å². The molecule has 0 aromatic heterocycles. The zero-order valence-corrected chi connectivity index (χ0v) is 36.4. The van der Waals surface area contributed by atoms with Crippen LogP contribution in [0, 0.1) is 0 Å². The van der Waals surface area contributed by atoms with Crippen molar-refractivity contribution in [1.29, 1.82) is 0 Å². The maximum absolute atomic E-state index is 11.3. The molecule has 300 valence electrons. The largest absolute Gasteiger partial charge is 1.00 e. The molecule has 0 amide bonds. The Kier molecular flexibility index (Phi) is 48.7. The molecule has 8 nitrogen and oxygen atoms in total. The van der Waals surface area contributed by atoms with E-state index in [-0.39, 0.29) is 36.0 Å². The number of unbranched alkanes of at least 4 members (excludes halogenated alkanes) is 29. The van der Waals surface area contributed by atoms with Gasteiger partial charge < -0.3 is 24.5 Å². The molecule has 9 heteroatoms. The van der Waals surface area contributed by atoms with Crippen LogP contribution in [0.1, 0.15) is 226 Å². The Balaban J connectivity index is -0.000000907.